The van der Waals surface area contributed by atoms with Crippen LogP contribution in [0.15, 0.2) is 24.3 Å². The third-order valence-corrected chi connectivity index (χ3v) is 3.91. The molecule has 3 N–H and O–H groups in total. The van der Waals surface area contributed by atoms with Gasteiger partial charge in [-0.3, -0.25) is 4.79 Å². The van der Waals surface area contributed by atoms with E-state index in [1.807, 2.05) is 6.07 Å². The van der Waals surface area contributed by atoms with Crippen molar-refractivity contribution in [3.05, 3.63) is 35.4 Å². The van der Waals surface area contributed by atoms with Gasteiger partial charge in [0.25, 0.3) is 0 Å². The van der Waals surface area contributed by atoms with E-state index in [-0.39, 0.29) is 18.1 Å². The zero-order valence-corrected chi connectivity index (χ0v) is 10.2. The summed E-state index contributed by atoms with van der Waals surface area (Å²) in [4.78, 5) is 11.9. The van der Waals surface area contributed by atoms with Gasteiger partial charge >= 0.3 is 0 Å². The van der Waals surface area contributed by atoms with Crippen LogP contribution in [0.3, 0.4) is 0 Å². The molecule has 1 fully saturated rings. The van der Waals surface area contributed by atoms with Crippen LogP contribution in [0.4, 0.5) is 0 Å². The van der Waals surface area contributed by atoms with Crippen molar-refractivity contribution < 1.29 is 9.90 Å². The zero-order chi connectivity index (χ0) is 12.5. The number of rotatable bonds is 3. The summed E-state index contributed by atoms with van der Waals surface area (Å²) in [5, 5.41) is 15.4. The highest BCUT2D eigenvalue weighted by Gasteiger charge is 2.30. The maximum atomic E-state index is 11.9. The van der Waals surface area contributed by atoms with Gasteiger partial charge in [0.2, 0.25) is 5.91 Å². The molecule has 4 heteroatoms. The van der Waals surface area contributed by atoms with Crippen molar-refractivity contribution in [1.29, 1.82) is 0 Å². The highest BCUT2D eigenvalue weighted by Crippen LogP contribution is 2.33. The number of carbonyl (C=O) groups is 1. The first kappa shape index (κ1) is 11.7. The molecule has 1 aliphatic heterocycles. The van der Waals surface area contributed by atoms with Gasteiger partial charge in [0.15, 0.2) is 0 Å². The summed E-state index contributed by atoms with van der Waals surface area (Å²) in [6.07, 6.45) is 1.19. The van der Waals surface area contributed by atoms with Crippen molar-refractivity contribution in [1.82, 2.24) is 10.6 Å². The Kier molecular flexibility index (Phi) is 3.06. The van der Waals surface area contributed by atoms with Crippen molar-refractivity contribution in [3.63, 3.8) is 0 Å². The second kappa shape index (κ2) is 4.71. The van der Waals surface area contributed by atoms with E-state index in [0.717, 1.165) is 6.42 Å². The Hall–Kier alpha value is -1.39. The lowest BCUT2D eigenvalue weighted by Crippen LogP contribution is -2.43. The van der Waals surface area contributed by atoms with Crippen LogP contribution < -0.4 is 10.6 Å². The fourth-order valence-electron chi connectivity index (χ4n) is 2.81. The van der Waals surface area contributed by atoms with Crippen LogP contribution in [-0.4, -0.2) is 36.2 Å². The quantitative estimate of drug-likeness (QED) is 0.712. The van der Waals surface area contributed by atoms with Gasteiger partial charge in [-0.25, -0.2) is 0 Å². The average molecular weight is 246 g/mol. The number of benzene rings is 1. The van der Waals surface area contributed by atoms with Gasteiger partial charge in [0, 0.05) is 19.0 Å². The van der Waals surface area contributed by atoms with Gasteiger partial charge in [-0.05, 0) is 24.0 Å². The summed E-state index contributed by atoms with van der Waals surface area (Å²) in [6.45, 7) is 1.22. The van der Waals surface area contributed by atoms with Crippen molar-refractivity contribution in [2.24, 2.45) is 0 Å². The minimum atomic E-state index is -0.384. The molecule has 0 saturated carbocycles. The highest BCUT2D eigenvalue weighted by atomic mass is 16.3. The number of carbonyl (C=O) groups excluding carboxylic acids is 1. The summed E-state index contributed by atoms with van der Waals surface area (Å²) in [7, 11) is 0. The van der Waals surface area contributed by atoms with Crippen LogP contribution in [0.2, 0.25) is 0 Å². The fourth-order valence-corrected chi connectivity index (χ4v) is 2.81. The number of hydrogen-bond acceptors (Lipinski definition) is 3. The molecule has 2 aliphatic rings. The van der Waals surface area contributed by atoms with Crippen molar-refractivity contribution in [2.45, 2.75) is 30.9 Å². The van der Waals surface area contributed by atoms with E-state index in [1.165, 1.54) is 11.1 Å². The molecule has 3 rings (SSSR count). The molecule has 1 aromatic carbocycles. The average Bonchev–Trinajstić information content (AvgIpc) is 2.77. The van der Waals surface area contributed by atoms with Crippen LogP contribution in [0.5, 0.6) is 0 Å². The number of aliphatic hydroxyl groups excluding tert-OH is 1. The molecular formula is C14H18N2O2. The monoisotopic (exact) mass is 246 g/mol. The second-order valence-corrected chi connectivity index (χ2v) is 5.20. The van der Waals surface area contributed by atoms with Gasteiger partial charge < -0.3 is 15.7 Å². The Morgan fingerprint density at radius 1 is 1.44 bits per heavy atom. The summed E-state index contributed by atoms with van der Waals surface area (Å²) < 4.78 is 0. The van der Waals surface area contributed by atoms with Gasteiger partial charge in [-0.1, -0.05) is 24.3 Å². The Balaban J connectivity index is 1.50. The first-order valence-electron chi connectivity index (χ1n) is 6.51. The van der Waals surface area contributed by atoms with Gasteiger partial charge in [0.1, 0.15) is 0 Å². The molecule has 0 spiro atoms. The summed E-state index contributed by atoms with van der Waals surface area (Å²) in [6, 6.07) is 8.14. The van der Waals surface area contributed by atoms with Gasteiger partial charge in [-0.2, -0.15) is 0 Å². The minimum Gasteiger partial charge on any atom is -0.392 e. The van der Waals surface area contributed by atoms with Crippen molar-refractivity contribution in [2.75, 3.05) is 13.1 Å². The molecule has 0 unspecified atom stereocenters. The van der Waals surface area contributed by atoms with E-state index < -0.39 is 0 Å². The second-order valence-electron chi connectivity index (χ2n) is 5.20. The molecular weight excluding hydrogens is 228 g/mol. The van der Waals surface area contributed by atoms with Crippen molar-refractivity contribution >= 4 is 5.91 Å². The van der Waals surface area contributed by atoms with Crippen molar-refractivity contribution in [3.8, 4) is 0 Å². The fraction of sp³-hybridized carbons (Fsp3) is 0.500. The molecule has 1 saturated heterocycles. The maximum absolute atomic E-state index is 11.9. The molecule has 0 aromatic heterocycles. The van der Waals surface area contributed by atoms with Gasteiger partial charge in [0.05, 0.1) is 12.1 Å². The SMILES string of the molecule is O=C(NC[C@@H]1Cc2ccccc21)[C@@H]1C[C@H](O)CN1. The molecule has 3 atom stereocenters. The Morgan fingerprint density at radius 2 is 2.28 bits per heavy atom. The van der Waals surface area contributed by atoms with E-state index in [1.54, 1.807) is 0 Å². The van der Waals surface area contributed by atoms with Crippen LogP contribution in [0.25, 0.3) is 0 Å². The van der Waals surface area contributed by atoms with E-state index in [9.17, 15) is 9.90 Å². The molecule has 4 nitrogen and oxygen atoms in total. The van der Waals surface area contributed by atoms with E-state index in [0.29, 0.717) is 25.4 Å². The molecule has 0 radical (unpaired) electrons. The molecule has 0 bridgehead atoms. The Bertz CT molecular complexity index is 461. The van der Waals surface area contributed by atoms with E-state index in [4.69, 9.17) is 0 Å². The Labute approximate surface area is 106 Å². The van der Waals surface area contributed by atoms with Crippen LogP contribution in [0, 0.1) is 0 Å². The zero-order valence-electron chi connectivity index (χ0n) is 10.2. The third kappa shape index (κ3) is 2.13. The third-order valence-electron chi connectivity index (χ3n) is 3.91. The molecule has 96 valence electrons. The first-order valence-corrected chi connectivity index (χ1v) is 6.51. The number of fused-ring (bicyclic) bond motifs is 1. The molecule has 18 heavy (non-hydrogen) atoms. The number of aliphatic hydroxyl groups is 1. The molecule has 1 aliphatic carbocycles. The molecule has 1 amide bonds. The number of hydrogen-bond donors (Lipinski definition) is 3. The largest absolute Gasteiger partial charge is 0.392 e. The lowest BCUT2D eigenvalue weighted by atomic mass is 9.77. The topological polar surface area (TPSA) is 61.4 Å². The smallest absolute Gasteiger partial charge is 0.237 e. The molecule has 1 aromatic rings. The summed E-state index contributed by atoms with van der Waals surface area (Å²) >= 11 is 0. The standard InChI is InChI=1S/C14H18N2O2/c17-11-6-13(15-8-11)14(18)16-7-10-5-9-3-1-2-4-12(9)10/h1-4,10-11,13,15,17H,5-8H2,(H,16,18)/t10-,11-,13-/m0/s1. The maximum Gasteiger partial charge on any atom is 0.237 e. The normalized spacial score (nSPS) is 29.5. The van der Waals surface area contributed by atoms with Crippen LogP contribution in [-0.2, 0) is 11.2 Å². The number of amides is 1. The lowest BCUT2D eigenvalue weighted by molar-refractivity contribution is -0.123. The van der Waals surface area contributed by atoms with E-state index >= 15 is 0 Å². The lowest BCUT2D eigenvalue weighted by Gasteiger charge is -2.30. The minimum absolute atomic E-state index is 0.0101. The number of β-amino-alcohol motifs (C(OH)–C–C–N with tert-alkyl or cyclic N) is 1. The predicted octanol–water partition coefficient (Wildman–Crippen LogP) is 0.165. The highest BCUT2D eigenvalue weighted by molar-refractivity contribution is 5.82. The Morgan fingerprint density at radius 3 is 3.00 bits per heavy atom. The number of nitrogens with one attached hydrogen (secondary N) is 2. The molecule has 1 heterocycles. The summed E-state index contributed by atoms with van der Waals surface area (Å²) in [5.41, 5.74) is 2.75. The van der Waals surface area contributed by atoms with Crippen LogP contribution in [0.1, 0.15) is 23.5 Å². The van der Waals surface area contributed by atoms with E-state index in [2.05, 4.69) is 28.8 Å². The predicted molar refractivity (Wildman–Crippen MR) is 68.3 cm³/mol. The van der Waals surface area contributed by atoms with Gasteiger partial charge in [-0.15, -0.1) is 0 Å². The van der Waals surface area contributed by atoms with Crippen LogP contribution >= 0.6 is 0 Å². The first-order chi connectivity index (χ1) is 8.74. The summed E-state index contributed by atoms with van der Waals surface area (Å²) in [5.74, 6) is 0.465.